The van der Waals surface area contributed by atoms with E-state index in [1.54, 1.807) is 0 Å². The first-order chi connectivity index (χ1) is 7.48. The molecule has 1 heterocycles. The van der Waals surface area contributed by atoms with Crippen molar-refractivity contribution >= 4 is 12.6 Å². The molecule has 1 rings (SSSR count). The lowest BCUT2D eigenvalue weighted by molar-refractivity contribution is 0.0800. The summed E-state index contributed by atoms with van der Waals surface area (Å²) >= 11 is 4.43. The Bertz CT molecular complexity index is 198. The van der Waals surface area contributed by atoms with Gasteiger partial charge in [0.2, 0.25) is 0 Å². The van der Waals surface area contributed by atoms with E-state index in [1.165, 1.54) is 39.1 Å². The molecule has 0 amide bonds. The minimum Gasteiger partial charge on any atom is -0.300 e. The molecule has 0 N–H and O–H groups in total. The fraction of sp³-hybridized carbons (Fsp3) is 1.00. The number of nitrogens with zero attached hydrogens (tertiary/aromatic N) is 2. The summed E-state index contributed by atoms with van der Waals surface area (Å²) < 4.78 is 0. The van der Waals surface area contributed by atoms with Crippen LogP contribution in [0.25, 0.3) is 0 Å². The SMILES string of the molecule is CCC(C)N1CCN(CC(C)(C)CS)CC1. The molecule has 0 aromatic heterocycles. The van der Waals surface area contributed by atoms with E-state index < -0.39 is 0 Å². The molecule has 2 nitrogen and oxygen atoms in total. The molecule has 0 aromatic rings. The number of hydrogen-bond donors (Lipinski definition) is 1. The Kier molecular flexibility index (Phi) is 5.62. The molecule has 0 bridgehead atoms. The zero-order valence-corrected chi connectivity index (χ0v) is 12.3. The highest BCUT2D eigenvalue weighted by Gasteiger charge is 2.24. The summed E-state index contributed by atoms with van der Waals surface area (Å²) in [6.45, 7) is 15.3. The van der Waals surface area contributed by atoms with E-state index in [-0.39, 0.29) is 0 Å². The van der Waals surface area contributed by atoms with Crippen LogP contribution in [-0.4, -0.2) is 54.3 Å². The predicted molar refractivity (Wildman–Crippen MR) is 75.4 cm³/mol. The molecule has 1 unspecified atom stereocenters. The van der Waals surface area contributed by atoms with Gasteiger partial charge in [0, 0.05) is 38.8 Å². The molecule has 1 fully saturated rings. The predicted octanol–water partition coefficient (Wildman–Crippen LogP) is 2.36. The van der Waals surface area contributed by atoms with E-state index >= 15 is 0 Å². The number of rotatable bonds is 5. The van der Waals surface area contributed by atoms with E-state index in [9.17, 15) is 0 Å². The molecule has 1 atom stereocenters. The highest BCUT2D eigenvalue weighted by molar-refractivity contribution is 7.80. The van der Waals surface area contributed by atoms with Gasteiger partial charge in [-0.2, -0.15) is 12.6 Å². The topological polar surface area (TPSA) is 6.48 Å². The van der Waals surface area contributed by atoms with Crippen LogP contribution in [0.2, 0.25) is 0 Å². The molecular weight excluding hydrogens is 216 g/mol. The van der Waals surface area contributed by atoms with Crippen LogP contribution in [0.3, 0.4) is 0 Å². The van der Waals surface area contributed by atoms with Gasteiger partial charge in [-0.15, -0.1) is 0 Å². The van der Waals surface area contributed by atoms with Gasteiger partial charge in [-0.3, -0.25) is 4.90 Å². The molecule has 3 heteroatoms. The Morgan fingerprint density at radius 3 is 2.19 bits per heavy atom. The Labute approximate surface area is 107 Å². The fourth-order valence-electron chi connectivity index (χ4n) is 2.28. The van der Waals surface area contributed by atoms with E-state index in [4.69, 9.17) is 0 Å². The molecule has 16 heavy (non-hydrogen) atoms. The van der Waals surface area contributed by atoms with Crippen LogP contribution < -0.4 is 0 Å². The van der Waals surface area contributed by atoms with E-state index in [2.05, 4.69) is 50.1 Å². The lowest BCUT2D eigenvalue weighted by Gasteiger charge is -2.40. The molecule has 1 aliphatic rings. The van der Waals surface area contributed by atoms with Crippen LogP contribution in [0, 0.1) is 5.41 Å². The minimum atomic E-state index is 0.349. The molecule has 1 aliphatic heterocycles. The van der Waals surface area contributed by atoms with Crippen LogP contribution in [0.5, 0.6) is 0 Å². The second-order valence-corrected chi connectivity index (χ2v) is 6.21. The largest absolute Gasteiger partial charge is 0.300 e. The molecule has 0 radical (unpaired) electrons. The summed E-state index contributed by atoms with van der Waals surface area (Å²) in [5.41, 5.74) is 0.349. The maximum absolute atomic E-state index is 4.43. The quantitative estimate of drug-likeness (QED) is 0.742. The monoisotopic (exact) mass is 244 g/mol. The number of hydrogen-bond acceptors (Lipinski definition) is 3. The minimum absolute atomic E-state index is 0.349. The first-order valence-electron chi connectivity index (χ1n) is 6.56. The van der Waals surface area contributed by atoms with Gasteiger partial charge in [-0.1, -0.05) is 20.8 Å². The number of piperazine rings is 1. The standard InChI is InChI=1S/C13H28N2S/c1-5-12(2)15-8-6-14(7-9-15)10-13(3,4)11-16/h12,16H,5-11H2,1-4H3. The van der Waals surface area contributed by atoms with Gasteiger partial charge < -0.3 is 4.90 Å². The van der Waals surface area contributed by atoms with Gasteiger partial charge in [0.15, 0.2) is 0 Å². The maximum Gasteiger partial charge on any atom is 0.0113 e. The fourth-order valence-corrected chi connectivity index (χ4v) is 2.38. The number of thiol groups is 1. The lowest BCUT2D eigenvalue weighted by Crippen LogP contribution is -2.51. The van der Waals surface area contributed by atoms with Crippen molar-refractivity contribution in [1.29, 1.82) is 0 Å². The Hall–Kier alpha value is 0.270. The molecule has 0 saturated carbocycles. The summed E-state index contributed by atoms with van der Waals surface area (Å²) in [6, 6.07) is 0.750. The average molecular weight is 244 g/mol. The van der Waals surface area contributed by atoms with E-state index in [0.717, 1.165) is 11.8 Å². The average Bonchev–Trinajstić information content (AvgIpc) is 2.28. The normalized spacial score (nSPS) is 22.3. The first-order valence-corrected chi connectivity index (χ1v) is 7.19. The van der Waals surface area contributed by atoms with Gasteiger partial charge in [-0.05, 0) is 24.5 Å². The Balaban J connectivity index is 2.32. The van der Waals surface area contributed by atoms with Crippen LogP contribution in [-0.2, 0) is 0 Å². The van der Waals surface area contributed by atoms with Crippen LogP contribution in [0.1, 0.15) is 34.1 Å². The summed E-state index contributed by atoms with van der Waals surface area (Å²) in [5, 5.41) is 0. The van der Waals surface area contributed by atoms with Crippen molar-refractivity contribution in [2.75, 3.05) is 38.5 Å². The van der Waals surface area contributed by atoms with Crippen molar-refractivity contribution in [3.63, 3.8) is 0 Å². The molecule has 0 aliphatic carbocycles. The van der Waals surface area contributed by atoms with Crippen molar-refractivity contribution in [1.82, 2.24) is 9.80 Å². The van der Waals surface area contributed by atoms with E-state index in [1.807, 2.05) is 0 Å². The van der Waals surface area contributed by atoms with Crippen molar-refractivity contribution in [2.24, 2.45) is 5.41 Å². The van der Waals surface area contributed by atoms with Crippen LogP contribution >= 0.6 is 12.6 Å². The van der Waals surface area contributed by atoms with Crippen LogP contribution in [0.4, 0.5) is 0 Å². The van der Waals surface area contributed by atoms with Gasteiger partial charge in [0.25, 0.3) is 0 Å². The summed E-state index contributed by atoms with van der Waals surface area (Å²) in [6.07, 6.45) is 1.27. The third kappa shape index (κ3) is 4.27. The third-order valence-electron chi connectivity index (χ3n) is 3.70. The zero-order valence-electron chi connectivity index (χ0n) is 11.4. The van der Waals surface area contributed by atoms with Crippen molar-refractivity contribution < 1.29 is 0 Å². The second-order valence-electron chi connectivity index (χ2n) is 5.89. The van der Waals surface area contributed by atoms with Gasteiger partial charge in [0.1, 0.15) is 0 Å². The highest BCUT2D eigenvalue weighted by atomic mass is 32.1. The van der Waals surface area contributed by atoms with E-state index in [0.29, 0.717) is 5.41 Å². The van der Waals surface area contributed by atoms with Crippen molar-refractivity contribution in [3.05, 3.63) is 0 Å². The lowest BCUT2D eigenvalue weighted by atomic mass is 9.95. The van der Waals surface area contributed by atoms with Gasteiger partial charge >= 0.3 is 0 Å². The Morgan fingerprint density at radius 2 is 1.75 bits per heavy atom. The molecular formula is C13H28N2S. The molecule has 96 valence electrons. The van der Waals surface area contributed by atoms with Crippen molar-refractivity contribution in [2.45, 2.75) is 40.2 Å². The second kappa shape index (κ2) is 6.27. The first kappa shape index (κ1) is 14.3. The summed E-state index contributed by atoms with van der Waals surface area (Å²) in [7, 11) is 0. The highest BCUT2D eigenvalue weighted by Crippen LogP contribution is 2.20. The smallest absolute Gasteiger partial charge is 0.0113 e. The molecule has 0 aromatic carbocycles. The molecule has 0 spiro atoms. The Morgan fingerprint density at radius 1 is 1.19 bits per heavy atom. The summed E-state index contributed by atoms with van der Waals surface area (Å²) in [4.78, 5) is 5.21. The van der Waals surface area contributed by atoms with Gasteiger partial charge in [0.05, 0.1) is 0 Å². The van der Waals surface area contributed by atoms with Crippen molar-refractivity contribution in [3.8, 4) is 0 Å². The van der Waals surface area contributed by atoms with Crippen LogP contribution in [0.15, 0.2) is 0 Å². The zero-order chi connectivity index (χ0) is 12.2. The third-order valence-corrected chi connectivity index (χ3v) is 4.56. The van der Waals surface area contributed by atoms with Gasteiger partial charge in [-0.25, -0.2) is 0 Å². The maximum atomic E-state index is 4.43. The summed E-state index contributed by atoms with van der Waals surface area (Å²) in [5.74, 6) is 0.971. The molecule has 1 saturated heterocycles.